The number of Topliss-reactive ketones (excluding diaryl/α,β-unsaturated/α-hetero) is 1. The number of ether oxygens (including phenoxy) is 1. The number of amides is 1. The summed E-state index contributed by atoms with van der Waals surface area (Å²) in [6.45, 7) is 1.98. The van der Waals surface area contributed by atoms with Crippen LogP contribution in [-0.4, -0.2) is 42.4 Å². The summed E-state index contributed by atoms with van der Waals surface area (Å²) in [4.78, 5) is 24.5. The van der Waals surface area contributed by atoms with Crippen LogP contribution in [0.4, 0.5) is 0 Å². The molecule has 0 bridgehead atoms. The van der Waals surface area contributed by atoms with Crippen LogP contribution >= 0.6 is 0 Å². The zero-order valence-electron chi connectivity index (χ0n) is 8.70. The van der Waals surface area contributed by atoms with Crippen molar-refractivity contribution in [3.05, 3.63) is 0 Å². The van der Waals surface area contributed by atoms with Gasteiger partial charge in [0, 0.05) is 19.3 Å². The fourth-order valence-electron chi connectivity index (χ4n) is 2.97. The Bertz CT molecular complexity index is 320. The number of carbonyl (C=O) groups is 2. The highest BCUT2D eigenvalue weighted by molar-refractivity contribution is 6.05. The van der Waals surface area contributed by atoms with E-state index in [2.05, 4.69) is 0 Å². The molecule has 1 aliphatic carbocycles. The molecule has 0 N–H and O–H groups in total. The van der Waals surface area contributed by atoms with Crippen molar-refractivity contribution in [3.63, 3.8) is 0 Å². The third kappa shape index (κ3) is 1.39. The number of nitrogens with zero attached hydrogens (tertiary/aromatic N) is 1. The SMILES string of the molecule is O=C1CC(=O)N(C2CC23CCOCC3)C1. The molecule has 2 aliphatic heterocycles. The molecule has 0 aromatic heterocycles. The molecule has 1 amide bonds. The maximum Gasteiger partial charge on any atom is 0.230 e. The van der Waals surface area contributed by atoms with Crippen molar-refractivity contribution < 1.29 is 14.3 Å². The van der Waals surface area contributed by atoms with Crippen LogP contribution in [0.15, 0.2) is 0 Å². The van der Waals surface area contributed by atoms with Crippen molar-refractivity contribution in [1.29, 1.82) is 0 Å². The van der Waals surface area contributed by atoms with E-state index in [0.717, 1.165) is 32.5 Å². The van der Waals surface area contributed by atoms with Crippen molar-refractivity contribution >= 4 is 11.7 Å². The highest BCUT2D eigenvalue weighted by Gasteiger charge is 2.59. The van der Waals surface area contributed by atoms with Crippen LogP contribution in [0.25, 0.3) is 0 Å². The number of rotatable bonds is 1. The normalized spacial score (nSPS) is 33.9. The Balaban J connectivity index is 1.70. The zero-order chi connectivity index (χ0) is 10.5. The molecule has 4 heteroatoms. The summed E-state index contributed by atoms with van der Waals surface area (Å²) >= 11 is 0. The fourth-order valence-corrected chi connectivity index (χ4v) is 2.97. The lowest BCUT2D eigenvalue weighted by molar-refractivity contribution is -0.129. The molecular formula is C11H15NO3. The molecule has 1 saturated carbocycles. The number of ketones is 1. The molecule has 0 aromatic rings. The lowest BCUT2D eigenvalue weighted by atomic mass is 9.96. The molecule has 2 saturated heterocycles. The Morgan fingerprint density at radius 2 is 2.00 bits per heavy atom. The smallest absolute Gasteiger partial charge is 0.230 e. The maximum absolute atomic E-state index is 11.6. The summed E-state index contributed by atoms with van der Waals surface area (Å²) in [5.41, 5.74) is 0.304. The van der Waals surface area contributed by atoms with Crippen molar-refractivity contribution in [3.8, 4) is 0 Å². The molecule has 4 nitrogen and oxygen atoms in total. The molecule has 0 aromatic carbocycles. The van der Waals surface area contributed by atoms with E-state index in [1.807, 2.05) is 0 Å². The van der Waals surface area contributed by atoms with Gasteiger partial charge >= 0.3 is 0 Å². The summed E-state index contributed by atoms with van der Waals surface area (Å²) in [5, 5.41) is 0. The zero-order valence-corrected chi connectivity index (χ0v) is 8.70. The molecule has 1 spiro atoms. The average molecular weight is 209 g/mol. The van der Waals surface area contributed by atoms with E-state index in [0.29, 0.717) is 18.0 Å². The minimum absolute atomic E-state index is 0.0355. The molecule has 82 valence electrons. The third-order valence-corrected chi connectivity index (χ3v) is 4.03. The molecule has 3 rings (SSSR count). The van der Waals surface area contributed by atoms with Crippen molar-refractivity contribution in [2.24, 2.45) is 5.41 Å². The van der Waals surface area contributed by atoms with Gasteiger partial charge in [-0.3, -0.25) is 9.59 Å². The standard InChI is InChI=1S/C11H15NO3/c13-8-5-10(14)12(7-8)9-6-11(9)1-3-15-4-2-11/h9H,1-7H2. The van der Waals surface area contributed by atoms with E-state index >= 15 is 0 Å². The molecule has 3 aliphatic rings. The van der Waals surface area contributed by atoms with Crippen molar-refractivity contribution in [1.82, 2.24) is 4.90 Å². The monoisotopic (exact) mass is 209 g/mol. The van der Waals surface area contributed by atoms with Gasteiger partial charge in [-0.1, -0.05) is 0 Å². The highest BCUT2D eigenvalue weighted by atomic mass is 16.5. The van der Waals surface area contributed by atoms with E-state index in [1.54, 1.807) is 4.90 Å². The number of likely N-dealkylation sites (tertiary alicyclic amines) is 1. The van der Waals surface area contributed by atoms with E-state index in [9.17, 15) is 9.59 Å². The van der Waals surface area contributed by atoms with Crippen LogP contribution in [-0.2, 0) is 14.3 Å². The molecule has 1 unspecified atom stereocenters. The lowest BCUT2D eigenvalue weighted by Crippen LogP contribution is -2.33. The van der Waals surface area contributed by atoms with Gasteiger partial charge in [-0.2, -0.15) is 0 Å². The van der Waals surface area contributed by atoms with Gasteiger partial charge in [-0.25, -0.2) is 0 Å². The Morgan fingerprint density at radius 1 is 1.27 bits per heavy atom. The average Bonchev–Trinajstić information content (AvgIpc) is 2.77. The predicted octanol–water partition coefficient (Wildman–Crippen LogP) is 0.357. The summed E-state index contributed by atoms with van der Waals surface area (Å²) in [7, 11) is 0. The quantitative estimate of drug-likeness (QED) is 0.586. The predicted molar refractivity (Wildman–Crippen MR) is 52.2 cm³/mol. The highest BCUT2D eigenvalue weighted by Crippen LogP contribution is 2.56. The van der Waals surface area contributed by atoms with Crippen LogP contribution in [0, 0.1) is 5.41 Å². The van der Waals surface area contributed by atoms with Crippen LogP contribution < -0.4 is 0 Å². The summed E-state index contributed by atoms with van der Waals surface area (Å²) in [6.07, 6.45) is 3.31. The molecule has 3 fully saturated rings. The Hall–Kier alpha value is -0.900. The Morgan fingerprint density at radius 3 is 2.60 bits per heavy atom. The topological polar surface area (TPSA) is 46.6 Å². The van der Waals surface area contributed by atoms with E-state index in [1.165, 1.54) is 0 Å². The molecule has 2 heterocycles. The first kappa shape index (κ1) is 9.33. The van der Waals surface area contributed by atoms with Gasteiger partial charge in [-0.05, 0) is 24.7 Å². The van der Waals surface area contributed by atoms with E-state index in [-0.39, 0.29) is 18.1 Å². The van der Waals surface area contributed by atoms with Gasteiger partial charge in [0.1, 0.15) is 0 Å². The number of hydrogen-bond acceptors (Lipinski definition) is 3. The van der Waals surface area contributed by atoms with Crippen LogP contribution in [0.5, 0.6) is 0 Å². The third-order valence-electron chi connectivity index (χ3n) is 4.03. The van der Waals surface area contributed by atoms with Crippen LogP contribution in [0.2, 0.25) is 0 Å². The summed E-state index contributed by atoms with van der Waals surface area (Å²) in [6, 6.07) is 0.334. The number of carbonyl (C=O) groups excluding carboxylic acids is 2. The molecular weight excluding hydrogens is 194 g/mol. The van der Waals surface area contributed by atoms with Crippen molar-refractivity contribution in [2.45, 2.75) is 31.7 Å². The molecule has 15 heavy (non-hydrogen) atoms. The Labute approximate surface area is 88.6 Å². The first-order valence-electron chi connectivity index (χ1n) is 5.60. The minimum atomic E-state index is 0.0355. The minimum Gasteiger partial charge on any atom is -0.381 e. The second-order valence-electron chi connectivity index (χ2n) is 4.93. The molecule has 1 atom stereocenters. The van der Waals surface area contributed by atoms with Crippen LogP contribution in [0.3, 0.4) is 0 Å². The van der Waals surface area contributed by atoms with Crippen molar-refractivity contribution in [2.75, 3.05) is 19.8 Å². The largest absolute Gasteiger partial charge is 0.381 e. The van der Waals surface area contributed by atoms with Gasteiger partial charge < -0.3 is 9.64 Å². The summed E-state index contributed by atoms with van der Waals surface area (Å²) in [5.74, 6) is 0.113. The molecule has 0 radical (unpaired) electrons. The second-order valence-corrected chi connectivity index (χ2v) is 4.93. The first-order valence-corrected chi connectivity index (χ1v) is 5.60. The van der Waals surface area contributed by atoms with Gasteiger partial charge in [0.05, 0.1) is 13.0 Å². The van der Waals surface area contributed by atoms with Gasteiger partial charge in [0.2, 0.25) is 5.91 Å². The van der Waals surface area contributed by atoms with Gasteiger partial charge in [-0.15, -0.1) is 0 Å². The van der Waals surface area contributed by atoms with Gasteiger partial charge in [0.25, 0.3) is 0 Å². The first-order chi connectivity index (χ1) is 7.21. The summed E-state index contributed by atoms with van der Waals surface area (Å²) < 4.78 is 5.33. The van der Waals surface area contributed by atoms with Gasteiger partial charge in [0.15, 0.2) is 5.78 Å². The maximum atomic E-state index is 11.6. The number of hydrogen-bond donors (Lipinski definition) is 0. The second kappa shape index (κ2) is 3.04. The van der Waals surface area contributed by atoms with E-state index in [4.69, 9.17) is 4.74 Å². The van der Waals surface area contributed by atoms with Crippen LogP contribution in [0.1, 0.15) is 25.7 Å². The lowest BCUT2D eigenvalue weighted by Gasteiger charge is -2.26. The van der Waals surface area contributed by atoms with E-state index < -0.39 is 0 Å². The Kier molecular flexibility index (Phi) is 1.89. The fraction of sp³-hybridized carbons (Fsp3) is 0.818.